The van der Waals surface area contributed by atoms with E-state index in [0.29, 0.717) is 5.88 Å². The molecule has 3 nitrogen and oxygen atoms in total. The molecule has 3 aromatic rings. The zero-order valence-electron chi connectivity index (χ0n) is 9.24. The van der Waals surface area contributed by atoms with Crippen LogP contribution in [0.4, 0.5) is 0 Å². The summed E-state index contributed by atoms with van der Waals surface area (Å²) in [6, 6.07) is 10.2. The first-order valence-corrected chi connectivity index (χ1v) is 5.21. The third-order valence-electron chi connectivity index (χ3n) is 2.78. The molecule has 2 aromatic heterocycles. The van der Waals surface area contributed by atoms with Crippen molar-refractivity contribution >= 4 is 21.9 Å². The fourth-order valence-electron chi connectivity index (χ4n) is 1.97. The minimum absolute atomic E-state index is 0.648. The minimum atomic E-state index is 0.648. The van der Waals surface area contributed by atoms with Crippen molar-refractivity contribution < 1.29 is 4.74 Å². The second-order valence-electron chi connectivity index (χ2n) is 3.92. The van der Waals surface area contributed by atoms with Crippen LogP contribution >= 0.6 is 0 Å². The quantitative estimate of drug-likeness (QED) is 0.673. The van der Waals surface area contributed by atoms with Crippen molar-refractivity contribution in [3.8, 4) is 5.88 Å². The molecular formula is C13H12N2O. The molecule has 16 heavy (non-hydrogen) atoms. The van der Waals surface area contributed by atoms with Gasteiger partial charge in [-0.25, -0.2) is 4.98 Å². The third kappa shape index (κ3) is 1.25. The number of nitrogens with one attached hydrogen (secondary N) is 1. The number of benzene rings is 1. The summed E-state index contributed by atoms with van der Waals surface area (Å²) in [7, 11) is 1.63. The number of hydrogen-bond acceptors (Lipinski definition) is 2. The van der Waals surface area contributed by atoms with Crippen LogP contribution in [-0.2, 0) is 0 Å². The lowest BCUT2D eigenvalue weighted by Gasteiger charge is -1.97. The molecule has 0 amide bonds. The number of H-pyrrole nitrogens is 1. The van der Waals surface area contributed by atoms with Gasteiger partial charge in [0.25, 0.3) is 0 Å². The standard InChI is InChI=1S/C13H12N2O/c1-8-3-4-10-9(7-8)13-11(14-10)5-6-12(15-13)16-2/h3-7,14H,1-2H3. The Bertz CT molecular complexity index is 670. The van der Waals surface area contributed by atoms with Crippen LogP contribution in [0.2, 0.25) is 0 Å². The fourth-order valence-corrected chi connectivity index (χ4v) is 1.97. The maximum atomic E-state index is 5.15. The van der Waals surface area contributed by atoms with Gasteiger partial charge in [-0.3, -0.25) is 0 Å². The van der Waals surface area contributed by atoms with Gasteiger partial charge in [0.05, 0.1) is 18.1 Å². The predicted molar refractivity (Wildman–Crippen MR) is 64.9 cm³/mol. The van der Waals surface area contributed by atoms with Gasteiger partial charge in [-0.15, -0.1) is 0 Å². The number of aromatic amines is 1. The van der Waals surface area contributed by atoms with E-state index in [0.717, 1.165) is 21.9 Å². The number of aryl methyl sites for hydroxylation is 1. The van der Waals surface area contributed by atoms with Gasteiger partial charge in [0.2, 0.25) is 5.88 Å². The van der Waals surface area contributed by atoms with Crippen molar-refractivity contribution in [1.29, 1.82) is 0 Å². The van der Waals surface area contributed by atoms with Crippen LogP contribution in [0.1, 0.15) is 5.56 Å². The molecule has 3 heteroatoms. The van der Waals surface area contributed by atoms with Crippen molar-refractivity contribution in [2.75, 3.05) is 7.11 Å². The van der Waals surface area contributed by atoms with Crippen LogP contribution in [0, 0.1) is 6.92 Å². The highest BCUT2D eigenvalue weighted by atomic mass is 16.5. The molecule has 3 rings (SSSR count). The van der Waals surface area contributed by atoms with Crippen molar-refractivity contribution in [2.24, 2.45) is 0 Å². The maximum absolute atomic E-state index is 5.15. The van der Waals surface area contributed by atoms with Gasteiger partial charge in [0.15, 0.2) is 0 Å². The second kappa shape index (κ2) is 3.23. The number of nitrogens with zero attached hydrogens (tertiary/aromatic N) is 1. The Morgan fingerprint density at radius 1 is 1.12 bits per heavy atom. The van der Waals surface area contributed by atoms with E-state index in [9.17, 15) is 0 Å². The van der Waals surface area contributed by atoms with Gasteiger partial charge < -0.3 is 9.72 Å². The van der Waals surface area contributed by atoms with E-state index < -0.39 is 0 Å². The highest BCUT2D eigenvalue weighted by Gasteiger charge is 2.06. The Kier molecular flexibility index (Phi) is 1.86. The molecule has 0 aliphatic carbocycles. The summed E-state index contributed by atoms with van der Waals surface area (Å²) in [4.78, 5) is 7.81. The molecule has 2 heterocycles. The molecule has 0 bridgehead atoms. The van der Waals surface area contributed by atoms with Crippen molar-refractivity contribution in [3.05, 3.63) is 35.9 Å². The normalized spacial score (nSPS) is 11.1. The summed E-state index contributed by atoms with van der Waals surface area (Å²) in [5.41, 5.74) is 4.36. The summed E-state index contributed by atoms with van der Waals surface area (Å²) in [5.74, 6) is 0.648. The number of methoxy groups -OCH3 is 1. The molecule has 0 aliphatic rings. The number of fused-ring (bicyclic) bond motifs is 3. The van der Waals surface area contributed by atoms with Crippen LogP contribution in [0.5, 0.6) is 5.88 Å². The average Bonchev–Trinajstić information content (AvgIpc) is 2.66. The van der Waals surface area contributed by atoms with Crippen LogP contribution in [0.15, 0.2) is 30.3 Å². The Morgan fingerprint density at radius 3 is 2.75 bits per heavy atom. The number of pyridine rings is 1. The minimum Gasteiger partial charge on any atom is -0.481 e. The maximum Gasteiger partial charge on any atom is 0.213 e. The van der Waals surface area contributed by atoms with E-state index >= 15 is 0 Å². The van der Waals surface area contributed by atoms with E-state index in [1.807, 2.05) is 12.1 Å². The van der Waals surface area contributed by atoms with Crippen LogP contribution in [-0.4, -0.2) is 17.1 Å². The molecule has 0 unspecified atom stereocenters. The Balaban J connectivity index is 2.44. The van der Waals surface area contributed by atoms with Gasteiger partial charge in [0, 0.05) is 17.0 Å². The summed E-state index contributed by atoms with van der Waals surface area (Å²) >= 11 is 0. The predicted octanol–water partition coefficient (Wildman–Crippen LogP) is 3.03. The van der Waals surface area contributed by atoms with Crippen LogP contribution in [0.25, 0.3) is 21.9 Å². The smallest absolute Gasteiger partial charge is 0.213 e. The first-order chi connectivity index (χ1) is 7.78. The largest absolute Gasteiger partial charge is 0.481 e. The SMILES string of the molecule is COc1ccc2[nH]c3ccc(C)cc3c2n1. The molecule has 0 saturated carbocycles. The summed E-state index contributed by atoms with van der Waals surface area (Å²) in [6.45, 7) is 2.08. The Morgan fingerprint density at radius 2 is 1.94 bits per heavy atom. The van der Waals surface area contributed by atoms with Crippen molar-refractivity contribution in [2.45, 2.75) is 6.92 Å². The van der Waals surface area contributed by atoms with Gasteiger partial charge >= 0.3 is 0 Å². The van der Waals surface area contributed by atoms with Gasteiger partial charge in [0.1, 0.15) is 0 Å². The van der Waals surface area contributed by atoms with E-state index in [1.165, 1.54) is 5.56 Å². The lowest BCUT2D eigenvalue weighted by molar-refractivity contribution is 0.399. The van der Waals surface area contributed by atoms with E-state index in [2.05, 4.69) is 35.1 Å². The lowest BCUT2D eigenvalue weighted by Crippen LogP contribution is -1.86. The summed E-state index contributed by atoms with van der Waals surface area (Å²) in [6.07, 6.45) is 0. The molecule has 0 aliphatic heterocycles. The van der Waals surface area contributed by atoms with Crippen LogP contribution in [0.3, 0.4) is 0 Å². The van der Waals surface area contributed by atoms with E-state index in [4.69, 9.17) is 4.74 Å². The third-order valence-corrected chi connectivity index (χ3v) is 2.78. The Hall–Kier alpha value is -2.03. The average molecular weight is 212 g/mol. The van der Waals surface area contributed by atoms with Crippen molar-refractivity contribution in [3.63, 3.8) is 0 Å². The van der Waals surface area contributed by atoms with Gasteiger partial charge in [-0.1, -0.05) is 11.6 Å². The zero-order chi connectivity index (χ0) is 11.1. The fraction of sp³-hybridized carbons (Fsp3) is 0.154. The zero-order valence-corrected chi connectivity index (χ0v) is 9.24. The molecule has 0 radical (unpaired) electrons. The van der Waals surface area contributed by atoms with Crippen molar-refractivity contribution in [1.82, 2.24) is 9.97 Å². The highest BCUT2D eigenvalue weighted by molar-refractivity contribution is 6.05. The monoisotopic (exact) mass is 212 g/mol. The van der Waals surface area contributed by atoms with E-state index in [1.54, 1.807) is 7.11 Å². The first-order valence-electron chi connectivity index (χ1n) is 5.21. The molecule has 80 valence electrons. The van der Waals surface area contributed by atoms with Crippen LogP contribution < -0.4 is 4.74 Å². The summed E-state index contributed by atoms with van der Waals surface area (Å²) < 4.78 is 5.15. The molecule has 0 saturated heterocycles. The van der Waals surface area contributed by atoms with Gasteiger partial charge in [-0.05, 0) is 25.1 Å². The number of aromatic nitrogens is 2. The summed E-state index contributed by atoms with van der Waals surface area (Å²) in [5, 5.41) is 1.15. The highest BCUT2D eigenvalue weighted by Crippen LogP contribution is 2.26. The molecule has 0 atom stereocenters. The lowest BCUT2D eigenvalue weighted by atomic mass is 10.1. The van der Waals surface area contributed by atoms with Gasteiger partial charge in [-0.2, -0.15) is 0 Å². The molecule has 0 spiro atoms. The second-order valence-corrected chi connectivity index (χ2v) is 3.92. The molecular weight excluding hydrogens is 200 g/mol. The molecule has 1 N–H and O–H groups in total. The first kappa shape index (κ1) is 9.21. The topological polar surface area (TPSA) is 37.9 Å². The number of rotatable bonds is 1. The molecule has 0 fully saturated rings. The Labute approximate surface area is 93.1 Å². The van der Waals surface area contributed by atoms with E-state index in [-0.39, 0.29) is 0 Å². The number of ether oxygens (including phenoxy) is 1. The number of hydrogen-bond donors (Lipinski definition) is 1. The molecule has 1 aromatic carbocycles.